The van der Waals surface area contributed by atoms with Gasteiger partial charge in [-0.25, -0.2) is 8.42 Å². The second-order valence-corrected chi connectivity index (χ2v) is 7.10. The molecule has 0 bridgehead atoms. The molecule has 23 heavy (non-hydrogen) atoms. The monoisotopic (exact) mass is 352 g/mol. The maximum absolute atomic E-state index is 12.8. The van der Waals surface area contributed by atoms with Crippen LogP contribution in [0.5, 0.6) is 0 Å². The van der Waals surface area contributed by atoms with Crippen molar-refractivity contribution in [3.63, 3.8) is 0 Å². The molecule has 0 spiro atoms. The Hall–Kier alpha value is -2.05. The Morgan fingerprint density at radius 3 is 2.35 bits per heavy atom. The molecule has 2 rings (SSSR count). The molecular weight excluding hydrogens is 336 g/mol. The van der Waals surface area contributed by atoms with Gasteiger partial charge in [-0.15, -0.1) is 0 Å². The number of carbonyl (C=O) groups is 1. The minimum atomic E-state index is -3.74. The maximum Gasteiger partial charge on any atom is 0.264 e. The minimum absolute atomic E-state index is 0.0716. The third-order valence-electron chi connectivity index (χ3n) is 3.17. The Balaban J connectivity index is 2.43. The Morgan fingerprint density at radius 1 is 1.17 bits per heavy atom. The number of hydrogen-bond acceptors (Lipinski definition) is 3. The average molecular weight is 353 g/mol. The first kappa shape index (κ1) is 17.3. The van der Waals surface area contributed by atoms with Gasteiger partial charge >= 0.3 is 0 Å². The normalized spacial score (nSPS) is 11.1. The van der Waals surface area contributed by atoms with Crippen molar-refractivity contribution in [3.8, 4) is 0 Å². The number of para-hydroxylation sites is 1. The van der Waals surface area contributed by atoms with E-state index in [-0.39, 0.29) is 22.4 Å². The fourth-order valence-corrected chi connectivity index (χ4v) is 3.95. The van der Waals surface area contributed by atoms with Gasteiger partial charge < -0.3 is 5.32 Å². The minimum Gasteiger partial charge on any atom is -0.325 e. The molecule has 0 fully saturated rings. The van der Waals surface area contributed by atoms with Crippen molar-refractivity contribution >= 4 is 38.9 Å². The van der Waals surface area contributed by atoms with E-state index in [2.05, 4.69) is 5.32 Å². The lowest BCUT2D eigenvalue weighted by atomic mass is 10.3. The van der Waals surface area contributed by atoms with Crippen LogP contribution in [0.3, 0.4) is 0 Å². The molecule has 7 heteroatoms. The van der Waals surface area contributed by atoms with Crippen LogP contribution in [0, 0.1) is 0 Å². The van der Waals surface area contributed by atoms with Gasteiger partial charge in [-0.2, -0.15) is 0 Å². The number of sulfonamides is 1. The van der Waals surface area contributed by atoms with E-state index in [0.29, 0.717) is 11.4 Å². The molecular formula is C16H17ClN2O3S. The largest absolute Gasteiger partial charge is 0.325 e. The zero-order chi connectivity index (χ0) is 17.0. The van der Waals surface area contributed by atoms with Gasteiger partial charge in [-0.3, -0.25) is 9.10 Å². The van der Waals surface area contributed by atoms with E-state index in [4.69, 9.17) is 11.6 Å². The van der Waals surface area contributed by atoms with Gasteiger partial charge in [0.25, 0.3) is 10.0 Å². The Kier molecular flexibility index (Phi) is 5.28. The maximum atomic E-state index is 12.8. The smallest absolute Gasteiger partial charge is 0.264 e. The topological polar surface area (TPSA) is 66.5 Å². The third-order valence-corrected chi connectivity index (χ3v) is 5.38. The predicted octanol–water partition coefficient (Wildman–Crippen LogP) is 3.51. The van der Waals surface area contributed by atoms with Crippen molar-refractivity contribution in [3.05, 3.63) is 53.6 Å². The Bertz CT molecular complexity index is 807. The lowest BCUT2D eigenvalue weighted by Crippen LogP contribution is -2.30. The van der Waals surface area contributed by atoms with Crippen LogP contribution in [0.1, 0.15) is 13.8 Å². The van der Waals surface area contributed by atoms with E-state index in [0.717, 1.165) is 0 Å². The summed E-state index contributed by atoms with van der Waals surface area (Å²) in [6, 6.07) is 13.1. The third kappa shape index (κ3) is 3.83. The van der Waals surface area contributed by atoms with Gasteiger partial charge in [0.2, 0.25) is 5.91 Å². The summed E-state index contributed by atoms with van der Waals surface area (Å²) in [5, 5.41) is 2.72. The van der Waals surface area contributed by atoms with E-state index in [1.54, 1.807) is 31.2 Å². The number of halogens is 1. The summed E-state index contributed by atoms with van der Waals surface area (Å²) in [7, 11) is -3.74. The highest BCUT2D eigenvalue weighted by Gasteiger charge is 2.24. The molecule has 1 amide bonds. The number of anilines is 2. The molecule has 0 atom stereocenters. The molecule has 0 saturated heterocycles. The number of rotatable bonds is 5. The van der Waals surface area contributed by atoms with Crippen LogP contribution in [0.25, 0.3) is 0 Å². The van der Waals surface area contributed by atoms with Gasteiger partial charge in [-0.05, 0) is 37.3 Å². The van der Waals surface area contributed by atoms with Crippen LogP contribution in [-0.2, 0) is 14.8 Å². The Morgan fingerprint density at radius 2 is 1.83 bits per heavy atom. The van der Waals surface area contributed by atoms with Crippen molar-refractivity contribution in [2.45, 2.75) is 18.7 Å². The van der Waals surface area contributed by atoms with Gasteiger partial charge in [0, 0.05) is 13.5 Å². The zero-order valence-corrected chi connectivity index (χ0v) is 14.4. The first-order chi connectivity index (χ1) is 10.9. The molecule has 0 aliphatic carbocycles. The van der Waals surface area contributed by atoms with Crippen LogP contribution in [0.4, 0.5) is 11.4 Å². The molecule has 0 aliphatic heterocycles. The lowest BCUT2D eigenvalue weighted by Gasteiger charge is -2.23. The van der Waals surface area contributed by atoms with Crippen molar-refractivity contribution in [2.75, 3.05) is 16.2 Å². The second-order valence-electron chi connectivity index (χ2n) is 4.83. The molecule has 2 aromatic rings. The highest BCUT2D eigenvalue weighted by atomic mass is 35.5. The number of nitrogens with zero attached hydrogens (tertiary/aromatic N) is 1. The molecule has 0 unspecified atom stereocenters. The van der Waals surface area contributed by atoms with Crippen molar-refractivity contribution in [1.29, 1.82) is 0 Å². The van der Waals surface area contributed by atoms with Gasteiger partial charge in [0.1, 0.15) is 0 Å². The quantitative estimate of drug-likeness (QED) is 0.895. The van der Waals surface area contributed by atoms with Crippen molar-refractivity contribution < 1.29 is 13.2 Å². The summed E-state index contributed by atoms with van der Waals surface area (Å²) in [6.45, 7) is 3.41. The number of nitrogens with one attached hydrogen (secondary N) is 1. The molecule has 0 radical (unpaired) electrons. The van der Waals surface area contributed by atoms with E-state index in [9.17, 15) is 13.2 Å². The van der Waals surface area contributed by atoms with E-state index in [1.807, 2.05) is 6.07 Å². The fraction of sp³-hybridized carbons (Fsp3) is 0.188. The average Bonchev–Trinajstić information content (AvgIpc) is 2.50. The second kappa shape index (κ2) is 7.02. The Labute approximate surface area is 140 Å². The van der Waals surface area contributed by atoms with Crippen LogP contribution >= 0.6 is 11.6 Å². The van der Waals surface area contributed by atoms with Gasteiger partial charge in [-0.1, -0.05) is 29.8 Å². The SMILES string of the molecule is CCN(c1ccccc1)S(=O)(=O)c1ccc(NC(C)=O)c(Cl)c1. The molecule has 122 valence electrons. The first-order valence-electron chi connectivity index (χ1n) is 7.01. The molecule has 2 aromatic carbocycles. The van der Waals surface area contributed by atoms with Gasteiger partial charge in [0.15, 0.2) is 0 Å². The summed E-state index contributed by atoms with van der Waals surface area (Å²) in [6.07, 6.45) is 0. The first-order valence-corrected chi connectivity index (χ1v) is 8.83. The number of amides is 1. The lowest BCUT2D eigenvalue weighted by molar-refractivity contribution is -0.114. The fourth-order valence-electron chi connectivity index (χ4n) is 2.16. The van der Waals surface area contributed by atoms with E-state index >= 15 is 0 Å². The molecule has 5 nitrogen and oxygen atoms in total. The number of benzene rings is 2. The molecule has 0 aromatic heterocycles. The van der Waals surface area contributed by atoms with Crippen LogP contribution in [-0.4, -0.2) is 20.9 Å². The molecule has 1 N–H and O–H groups in total. The van der Waals surface area contributed by atoms with Crippen LogP contribution in [0.2, 0.25) is 5.02 Å². The summed E-state index contributed by atoms with van der Waals surface area (Å²) >= 11 is 6.08. The molecule has 0 aliphatic rings. The van der Waals surface area contributed by atoms with Crippen molar-refractivity contribution in [2.24, 2.45) is 0 Å². The zero-order valence-electron chi connectivity index (χ0n) is 12.8. The highest BCUT2D eigenvalue weighted by molar-refractivity contribution is 7.92. The molecule has 0 heterocycles. The summed E-state index contributed by atoms with van der Waals surface area (Å²) in [5.74, 6) is -0.276. The summed E-state index contributed by atoms with van der Waals surface area (Å²) in [5.41, 5.74) is 0.956. The highest BCUT2D eigenvalue weighted by Crippen LogP contribution is 2.29. The van der Waals surface area contributed by atoms with Crippen LogP contribution < -0.4 is 9.62 Å². The molecule has 0 saturated carbocycles. The summed E-state index contributed by atoms with van der Waals surface area (Å²) < 4.78 is 27.0. The van der Waals surface area contributed by atoms with E-state index < -0.39 is 10.0 Å². The predicted molar refractivity (Wildman–Crippen MR) is 92.4 cm³/mol. The number of carbonyl (C=O) groups excluding carboxylic acids is 1. The number of hydrogen-bond donors (Lipinski definition) is 1. The van der Waals surface area contributed by atoms with Crippen LogP contribution in [0.15, 0.2) is 53.4 Å². The standard InChI is InChI=1S/C16H17ClN2O3S/c1-3-19(13-7-5-4-6-8-13)23(21,22)14-9-10-16(15(17)11-14)18-12(2)20/h4-11H,3H2,1-2H3,(H,18,20). The van der Waals surface area contributed by atoms with Crippen molar-refractivity contribution in [1.82, 2.24) is 0 Å². The van der Waals surface area contributed by atoms with E-state index in [1.165, 1.54) is 29.4 Å². The summed E-state index contributed by atoms with van der Waals surface area (Å²) in [4.78, 5) is 11.2. The van der Waals surface area contributed by atoms with Gasteiger partial charge in [0.05, 0.1) is 21.3 Å².